The fourth-order valence-corrected chi connectivity index (χ4v) is 2.59. The van der Waals surface area contributed by atoms with Gasteiger partial charge in [-0.05, 0) is 31.4 Å². The van der Waals surface area contributed by atoms with E-state index in [1.165, 1.54) is 10.2 Å². The summed E-state index contributed by atoms with van der Waals surface area (Å²) in [5.74, 6) is 0.560. The van der Waals surface area contributed by atoms with Crippen LogP contribution in [0.3, 0.4) is 0 Å². The molecule has 0 N–H and O–H groups in total. The van der Waals surface area contributed by atoms with Gasteiger partial charge >= 0.3 is 0 Å². The summed E-state index contributed by atoms with van der Waals surface area (Å²) in [7, 11) is 0. The lowest BCUT2D eigenvalue weighted by Gasteiger charge is -2.13. The van der Waals surface area contributed by atoms with Crippen LogP contribution in [0.5, 0.6) is 0 Å². The molecule has 0 aliphatic carbocycles. The van der Waals surface area contributed by atoms with Crippen molar-refractivity contribution in [2.24, 2.45) is 5.92 Å². The number of alkyl halides is 1. The monoisotopic (exact) mass is 304 g/mol. The molecule has 0 unspecified atom stereocenters. The maximum atomic E-state index is 12.3. The molecule has 1 aromatic carbocycles. The van der Waals surface area contributed by atoms with Crippen molar-refractivity contribution in [3.05, 3.63) is 51.3 Å². The highest BCUT2D eigenvalue weighted by atomic mass is 35.5. The SMILES string of the molecule is Cc1ccc(-c2cc(CCl)c(=O)n(CC(C)C)n2)c(C)c1. The molecule has 2 rings (SSSR count). The molecule has 0 amide bonds. The largest absolute Gasteiger partial charge is 0.271 e. The van der Waals surface area contributed by atoms with Gasteiger partial charge in [0.05, 0.1) is 11.6 Å². The topological polar surface area (TPSA) is 34.9 Å². The smallest absolute Gasteiger partial charge is 0.267 e. The summed E-state index contributed by atoms with van der Waals surface area (Å²) in [4.78, 5) is 12.3. The molecule has 1 aromatic heterocycles. The summed E-state index contributed by atoms with van der Waals surface area (Å²) in [5, 5.41) is 4.53. The van der Waals surface area contributed by atoms with Crippen LogP contribution in [0.4, 0.5) is 0 Å². The minimum absolute atomic E-state index is 0.0905. The number of aromatic nitrogens is 2. The molecule has 0 radical (unpaired) electrons. The molecule has 112 valence electrons. The molecule has 0 bridgehead atoms. The number of hydrogen-bond acceptors (Lipinski definition) is 2. The van der Waals surface area contributed by atoms with E-state index in [1.54, 1.807) is 0 Å². The highest BCUT2D eigenvalue weighted by Gasteiger charge is 2.12. The van der Waals surface area contributed by atoms with Crippen molar-refractivity contribution in [2.75, 3.05) is 0 Å². The van der Waals surface area contributed by atoms with Gasteiger partial charge in [-0.2, -0.15) is 5.10 Å². The maximum Gasteiger partial charge on any atom is 0.271 e. The first-order valence-corrected chi connectivity index (χ1v) is 7.70. The van der Waals surface area contributed by atoms with Gasteiger partial charge in [0.15, 0.2) is 0 Å². The van der Waals surface area contributed by atoms with E-state index < -0.39 is 0 Å². The summed E-state index contributed by atoms with van der Waals surface area (Å²) in [6.07, 6.45) is 0. The first-order valence-electron chi connectivity index (χ1n) is 7.17. The van der Waals surface area contributed by atoms with Crippen molar-refractivity contribution in [1.82, 2.24) is 9.78 Å². The van der Waals surface area contributed by atoms with Crippen molar-refractivity contribution in [2.45, 2.75) is 40.1 Å². The van der Waals surface area contributed by atoms with Gasteiger partial charge in [0.2, 0.25) is 0 Å². The van der Waals surface area contributed by atoms with E-state index in [1.807, 2.05) is 6.07 Å². The lowest BCUT2D eigenvalue weighted by atomic mass is 10.0. The Bertz CT molecular complexity index is 704. The molecule has 3 nitrogen and oxygen atoms in total. The maximum absolute atomic E-state index is 12.3. The number of benzene rings is 1. The summed E-state index contributed by atoms with van der Waals surface area (Å²) < 4.78 is 1.54. The molecule has 0 aliphatic rings. The Morgan fingerprint density at radius 2 is 1.95 bits per heavy atom. The number of hydrogen-bond donors (Lipinski definition) is 0. The number of rotatable bonds is 4. The summed E-state index contributed by atoms with van der Waals surface area (Å²) in [6, 6.07) is 8.04. The molecule has 4 heteroatoms. The zero-order chi connectivity index (χ0) is 15.6. The van der Waals surface area contributed by atoms with Crippen molar-refractivity contribution in [3.8, 4) is 11.3 Å². The molecule has 0 saturated carbocycles. The second kappa shape index (κ2) is 6.44. The van der Waals surface area contributed by atoms with Crippen molar-refractivity contribution in [3.63, 3.8) is 0 Å². The molecule has 0 atom stereocenters. The summed E-state index contributed by atoms with van der Waals surface area (Å²) in [5.41, 5.74) is 4.73. The Balaban J connectivity index is 2.60. The first kappa shape index (κ1) is 15.8. The van der Waals surface area contributed by atoms with Gasteiger partial charge in [0.1, 0.15) is 0 Å². The number of nitrogens with zero attached hydrogens (tertiary/aromatic N) is 2. The van der Waals surface area contributed by atoms with Crippen molar-refractivity contribution >= 4 is 11.6 Å². The Hall–Kier alpha value is -1.61. The van der Waals surface area contributed by atoms with Gasteiger partial charge in [0.25, 0.3) is 5.56 Å². The van der Waals surface area contributed by atoms with Crippen LogP contribution < -0.4 is 5.56 Å². The van der Waals surface area contributed by atoms with E-state index in [0.29, 0.717) is 18.0 Å². The Labute approximate surface area is 130 Å². The lowest BCUT2D eigenvalue weighted by Crippen LogP contribution is -2.28. The van der Waals surface area contributed by atoms with E-state index in [4.69, 9.17) is 11.6 Å². The van der Waals surface area contributed by atoms with Crippen molar-refractivity contribution in [1.29, 1.82) is 0 Å². The van der Waals surface area contributed by atoms with E-state index in [-0.39, 0.29) is 11.4 Å². The number of halogens is 1. The molecule has 1 heterocycles. The van der Waals surface area contributed by atoms with Crippen LogP contribution in [0, 0.1) is 19.8 Å². The highest BCUT2D eigenvalue weighted by Crippen LogP contribution is 2.22. The van der Waals surface area contributed by atoms with Gasteiger partial charge < -0.3 is 0 Å². The predicted octanol–water partition coefficient (Wildman–Crippen LogP) is 3.92. The summed E-state index contributed by atoms with van der Waals surface area (Å²) in [6.45, 7) is 8.86. The second-order valence-corrected chi connectivity index (χ2v) is 6.16. The molecule has 0 saturated heterocycles. The van der Waals surface area contributed by atoms with Gasteiger partial charge in [-0.15, -0.1) is 11.6 Å². The van der Waals surface area contributed by atoms with Crippen LogP contribution in [0.2, 0.25) is 0 Å². The normalized spacial score (nSPS) is 11.1. The zero-order valence-electron chi connectivity index (χ0n) is 13.0. The summed E-state index contributed by atoms with van der Waals surface area (Å²) >= 11 is 5.92. The molecule has 0 aliphatic heterocycles. The zero-order valence-corrected chi connectivity index (χ0v) is 13.7. The van der Waals surface area contributed by atoms with E-state index in [9.17, 15) is 4.79 Å². The Kier molecular flexibility index (Phi) is 4.84. The van der Waals surface area contributed by atoms with E-state index >= 15 is 0 Å². The van der Waals surface area contributed by atoms with E-state index in [0.717, 1.165) is 16.8 Å². The molecule has 21 heavy (non-hydrogen) atoms. The standard InChI is InChI=1S/C17H21ClN2O/c1-11(2)10-20-17(21)14(9-18)8-16(19-20)15-6-5-12(3)7-13(15)4/h5-8,11H,9-10H2,1-4H3. The molecule has 2 aromatic rings. The van der Waals surface area contributed by atoms with Gasteiger partial charge in [-0.25, -0.2) is 4.68 Å². The third-order valence-corrected chi connectivity index (χ3v) is 3.68. The van der Waals surface area contributed by atoms with Crippen LogP contribution in [-0.4, -0.2) is 9.78 Å². The van der Waals surface area contributed by atoms with Crippen LogP contribution in [0.1, 0.15) is 30.5 Å². The Morgan fingerprint density at radius 3 is 2.52 bits per heavy atom. The van der Waals surface area contributed by atoms with Crippen LogP contribution in [0.25, 0.3) is 11.3 Å². The van der Waals surface area contributed by atoms with E-state index in [2.05, 4.69) is 51.0 Å². The Morgan fingerprint density at radius 1 is 1.24 bits per heavy atom. The van der Waals surface area contributed by atoms with Gasteiger partial charge in [0, 0.05) is 17.7 Å². The average Bonchev–Trinajstić information content (AvgIpc) is 2.41. The molecule has 0 spiro atoms. The van der Waals surface area contributed by atoms with Crippen LogP contribution >= 0.6 is 11.6 Å². The minimum atomic E-state index is -0.0905. The van der Waals surface area contributed by atoms with Crippen molar-refractivity contribution < 1.29 is 0 Å². The minimum Gasteiger partial charge on any atom is -0.267 e. The van der Waals surface area contributed by atoms with Gasteiger partial charge in [-0.3, -0.25) is 4.79 Å². The number of aryl methyl sites for hydroxylation is 2. The average molecular weight is 305 g/mol. The fraction of sp³-hybridized carbons (Fsp3) is 0.412. The molecular weight excluding hydrogens is 284 g/mol. The molecular formula is C17H21ClN2O. The quantitative estimate of drug-likeness (QED) is 0.802. The lowest BCUT2D eigenvalue weighted by molar-refractivity contribution is 0.463. The second-order valence-electron chi connectivity index (χ2n) is 5.89. The predicted molar refractivity (Wildman–Crippen MR) is 87.8 cm³/mol. The first-order chi connectivity index (χ1) is 9.92. The fourth-order valence-electron chi connectivity index (χ4n) is 2.39. The highest BCUT2D eigenvalue weighted by molar-refractivity contribution is 6.17. The van der Waals surface area contributed by atoms with Gasteiger partial charge in [-0.1, -0.05) is 37.6 Å². The third kappa shape index (κ3) is 3.53. The van der Waals surface area contributed by atoms with Crippen LogP contribution in [-0.2, 0) is 12.4 Å². The van der Waals surface area contributed by atoms with Crippen LogP contribution in [0.15, 0.2) is 29.1 Å². The third-order valence-electron chi connectivity index (χ3n) is 3.39. The molecule has 0 fully saturated rings.